The van der Waals surface area contributed by atoms with Crippen LogP contribution in [0.3, 0.4) is 0 Å². The zero-order valence-electron chi connectivity index (χ0n) is 13.2. The number of carbonyl (C=O) groups excluding carboxylic acids is 1. The molecule has 0 saturated heterocycles. The van der Waals surface area contributed by atoms with E-state index < -0.39 is 5.97 Å². The first-order valence-corrected chi connectivity index (χ1v) is 7.94. The molecule has 0 saturated carbocycles. The van der Waals surface area contributed by atoms with Gasteiger partial charge >= 0.3 is 5.97 Å². The highest BCUT2D eigenvalue weighted by molar-refractivity contribution is 6.12. The number of pyridine rings is 1. The van der Waals surface area contributed by atoms with Crippen LogP contribution in [0, 0.1) is 0 Å². The maximum atomic E-state index is 12.4. The van der Waals surface area contributed by atoms with Crippen molar-refractivity contribution >= 4 is 23.1 Å². The molecular weight excluding hydrogens is 304 g/mol. The summed E-state index contributed by atoms with van der Waals surface area (Å²) in [5.74, 6) is -0.916. The number of aliphatic carboxylic acids is 1. The smallest absolute Gasteiger partial charge is 0.303 e. The van der Waals surface area contributed by atoms with Gasteiger partial charge in [-0.05, 0) is 37.0 Å². The lowest BCUT2D eigenvalue weighted by Gasteiger charge is -2.10. The van der Waals surface area contributed by atoms with E-state index in [-0.39, 0.29) is 12.3 Å². The molecule has 1 aliphatic heterocycles. The number of amides is 1. The highest BCUT2D eigenvalue weighted by Crippen LogP contribution is 2.34. The van der Waals surface area contributed by atoms with E-state index in [9.17, 15) is 9.59 Å². The number of carbonyl (C=O) groups is 2. The minimum atomic E-state index is -0.771. The Hall–Kier alpha value is -2.95. The second-order valence-electron chi connectivity index (χ2n) is 5.68. The molecule has 2 heterocycles. The van der Waals surface area contributed by atoms with E-state index in [4.69, 9.17) is 5.11 Å². The molecule has 122 valence electrons. The molecule has 2 N–H and O–H groups in total. The minimum absolute atomic E-state index is 0.144. The standard InChI is InChI=1S/C19H18N2O3/c22-18(23)9-3-1-2-6-13-14-7-4-5-8-17(14)21-19(24)15-10-11-20-12-16(13)15/h4-8,10-12H,1-3,9H2,(H,21,24)(H,22,23). The maximum Gasteiger partial charge on any atom is 0.303 e. The third kappa shape index (κ3) is 3.35. The fourth-order valence-electron chi connectivity index (χ4n) is 2.86. The van der Waals surface area contributed by atoms with Gasteiger partial charge in [0.25, 0.3) is 5.91 Å². The fourth-order valence-corrected chi connectivity index (χ4v) is 2.86. The van der Waals surface area contributed by atoms with Gasteiger partial charge in [0.2, 0.25) is 0 Å². The Kier molecular flexibility index (Phi) is 4.70. The van der Waals surface area contributed by atoms with E-state index >= 15 is 0 Å². The van der Waals surface area contributed by atoms with Crippen LogP contribution in [0.2, 0.25) is 0 Å². The third-order valence-electron chi connectivity index (χ3n) is 4.01. The number of para-hydroxylation sites is 1. The summed E-state index contributed by atoms with van der Waals surface area (Å²) in [5, 5.41) is 11.7. The summed E-state index contributed by atoms with van der Waals surface area (Å²) < 4.78 is 0. The van der Waals surface area contributed by atoms with Gasteiger partial charge in [0.15, 0.2) is 0 Å². The van der Waals surface area contributed by atoms with E-state index in [1.165, 1.54) is 0 Å². The highest BCUT2D eigenvalue weighted by atomic mass is 16.4. The average Bonchev–Trinajstić information content (AvgIpc) is 2.70. The number of hydrogen-bond donors (Lipinski definition) is 2. The zero-order valence-corrected chi connectivity index (χ0v) is 13.2. The predicted molar refractivity (Wildman–Crippen MR) is 91.8 cm³/mol. The molecule has 3 rings (SSSR count). The lowest BCUT2D eigenvalue weighted by Crippen LogP contribution is -2.11. The predicted octanol–water partition coefficient (Wildman–Crippen LogP) is 3.72. The molecule has 0 atom stereocenters. The summed E-state index contributed by atoms with van der Waals surface area (Å²) in [6.45, 7) is 0. The molecule has 1 amide bonds. The van der Waals surface area contributed by atoms with Gasteiger partial charge in [-0.2, -0.15) is 0 Å². The largest absolute Gasteiger partial charge is 0.481 e. The monoisotopic (exact) mass is 322 g/mol. The molecule has 0 aliphatic carbocycles. The second-order valence-corrected chi connectivity index (χ2v) is 5.68. The van der Waals surface area contributed by atoms with E-state index in [0.29, 0.717) is 12.0 Å². The second kappa shape index (κ2) is 7.08. The van der Waals surface area contributed by atoms with Gasteiger partial charge in [-0.1, -0.05) is 24.3 Å². The van der Waals surface area contributed by atoms with Gasteiger partial charge in [0.1, 0.15) is 0 Å². The molecule has 1 aliphatic rings. The Morgan fingerprint density at radius 2 is 1.96 bits per heavy atom. The van der Waals surface area contributed by atoms with Crippen molar-refractivity contribution in [3.63, 3.8) is 0 Å². The number of carboxylic acid groups (broad SMARTS) is 1. The van der Waals surface area contributed by atoms with Gasteiger partial charge in [-0.3, -0.25) is 14.6 Å². The molecule has 0 fully saturated rings. The van der Waals surface area contributed by atoms with E-state index in [1.807, 2.05) is 24.3 Å². The normalized spacial score (nSPS) is 14.5. The molecule has 2 aromatic rings. The summed E-state index contributed by atoms with van der Waals surface area (Å²) in [5.41, 5.74) is 4.09. The number of benzene rings is 1. The lowest BCUT2D eigenvalue weighted by molar-refractivity contribution is -0.137. The molecule has 1 aromatic heterocycles. The van der Waals surface area contributed by atoms with Crippen molar-refractivity contribution in [2.24, 2.45) is 0 Å². The Bertz CT molecular complexity index is 812. The number of fused-ring (bicyclic) bond motifs is 2. The van der Waals surface area contributed by atoms with Crippen LogP contribution in [0.15, 0.2) is 48.8 Å². The summed E-state index contributed by atoms with van der Waals surface area (Å²) in [6.07, 6.45) is 7.74. The first-order chi connectivity index (χ1) is 11.7. The Morgan fingerprint density at radius 1 is 1.12 bits per heavy atom. The van der Waals surface area contributed by atoms with Gasteiger partial charge in [-0.15, -0.1) is 0 Å². The zero-order chi connectivity index (χ0) is 16.9. The summed E-state index contributed by atoms with van der Waals surface area (Å²) >= 11 is 0. The Morgan fingerprint density at radius 3 is 2.79 bits per heavy atom. The number of allylic oxidation sites excluding steroid dienone is 1. The quantitative estimate of drug-likeness (QED) is 0.822. The number of aromatic nitrogens is 1. The Balaban J connectivity index is 1.96. The number of hydrogen-bond acceptors (Lipinski definition) is 3. The molecule has 5 heteroatoms. The van der Waals surface area contributed by atoms with Crippen molar-refractivity contribution in [1.82, 2.24) is 4.98 Å². The van der Waals surface area contributed by atoms with Crippen molar-refractivity contribution in [2.45, 2.75) is 25.7 Å². The van der Waals surface area contributed by atoms with E-state index in [2.05, 4.69) is 16.4 Å². The van der Waals surface area contributed by atoms with Crippen LogP contribution < -0.4 is 5.32 Å². The number of unbranched alkanes of at least 4 members (excludes halogenated alkanes) is 2. The minimum Gasteiger partial charge on any atom is -0.481 e. The molecule has 0 bridgehead atoms. The van der Waals surface area contributed by atoms with Gasteiger partial charge < -0.3 is 10.4 Å². The van der Waals surface area contributed by atoms with Gasteiger partial charge in [0, 0.05) is 35.6 Å². The van der Waals surface area contributed by atoms with Crippen molar-refractivity contribution in [3.05, 3.63) is 65.5 Å². The molecule has 24 heavy (non-hydrogen) atoms. The topological polar surface area (TPSA) is 79.3 Å². The molecule has 5 nitrogen and oxygen atoms in total. The van der Waals surface area contributed by atoms with Crippen molar-refractivity contribution in [3.8, 4) is 0 Å². The molecule has 0 unspecified atom stereocenters. The van der Waals surface area contributed by atoms with Crippen LogP contribution in [-0.2, 0) is 4.79 Å². The fraction of sp³-hybridized carbons (Fsp3) is 0.211. The molecule has 0 radical (unpaired) electrons. The molecule has 1 aromatic carbocycles. The maximum absolute atomic E-state index is 12.4. The third-order valence-corrected chi connectivity index (χ3v) is 4.01. The van der Waals surface area contributed by atoms with Crippen LogP contribution in [0.25, 0.3) is 5.57 Å². The van der Waals surface area contributed by atoms with Crippen molar-refractivity contribution in [1.29, 1.82) is 0 Å². The van der Waals surface area contributed by atoms with E-state index in [1.54, 1.807) is 18.5 Å². The first-order valence-electron chi connectivity index (χ1n) is 7.94. The summed E-state index contributed by atoms with van der Waals surface area (Å²) in [7, 11) is 0. The molecule has 0 spiro atoms. The van der Waals surface area contributed by atoms with Gasteiger partial charge in [0.05, 0.1) is 5.56 Å². The van der Waals surface area contributed by atoms with Crippen molar-refractivity contribution < 1.29 is 14.7 Å². The number of rotatable bonds is 5. The van der Waals surface area contributed by atoms with Crippen LogP contribution in [0.4, 0.5) is 5.69 Å². The highest BCUT2D eigenvalue weighted by Gasteiger charge is 2.22. The number of carboxylic acids is 1. The summed E-state index contributed by atoms with van der Waals surface area (Å²) in [4.78, 5) is 27.2. The van der Waals surface area contributed by atoms with Crippen molar-refractivity contribution in [2.75, 3.05) is 5.32 Å². The van der Waals surface area contributed by atoms with Crippen LogP contribution in [0.5, 0.6) is 0 Å². The van der Waals surface area contributed by atoms with Crippen LogP contribution in [0.1, 0.15) is 47.2 Å². The van der Waals surface area contributed by atoms with Crippen LogP contribution >= 0.6 is 0 Å². The number of anilines is 1. The number of nitrogens with zero attached hydrogens (tertiary/aromatic N) is 1. The summed E-state index contributed by atoms with van der Waals surface area (Å²) in [6, 6.07) is 9.39. The first kappa shape index (κ1) is 15.9. The van der Waals surface area contributed by atoms with Gasteiger partial charge in [-0.25, -0.2) is 0 Å². The lowest BCUT2D eigenvalue weighted by atomic mass is 9.94. The van der Waals surface area contributed by atoms with E-state index in [0.717, 1.165) is 35.2 Å². The average molecular weight is 322 g/mol. The Labute approximate surface area is 140 Å². The van der Waals surface area contributed by atoms with Crippen LogP contribution in [-0.4, -0.2) is 22.0 Å². The molecular formula is C19H18N2O3. The SMILES string of the molecule is O=C(O)CCCCC=C1c2ccccc2NC(=O)c2ccncc21. The number of nitrogens with one attached hydrogen (secondary N) is 1.